The van der Waals surface area contributed by atoms with E-state index < -0.39 is 24.3 Å². The number of ether oxygens (including phenoxy) is 3. The second kappa shape index (κ2) is 9.71. The molecular formula is C15H30O6. The van der Waals surface area contributed by atoms with Crippen LogP contribution in [0.4, 0.5) is 0 Å². The van der Waals surface area contributed by atoms with Gasteiger partial charge in [-0.3, -0.25) is 0 Å². The molecule has 0 aromatic heterocycles. The molecule has 1 aliphatic rings. The van der Waals surface area contributed by atoms with Crippen molar-refractivity contribution in [3.8, 4) is 0 Å². The van der Waals surface area contributed by atoms with Gasteiger partial charge in [0.2, 0.25) is 0 Å². The van der Waals surface area contributed by atoms with Crippen LogP contribution < -0.4 is 0 Å². The lowest BCUT2D eigenvalue weighted by molar-refractivity contribution is -0.444. The molecule has 1 rings (SSSR count). The van der Waals surface area contributed by atoms with E-state index in [9.17, 15) is 15.3 Å². The molecule has 0 amide bonds. The Morgan fingerprint density at radius 1 is 1.00 bits per heavy atom. The highest BCUT2D eigenvalue weighted by Crippen LogP contribution is 2.29. The lowest BCUT2D eigenvalue weighted by atomic mass is 10.0. The summed E-state index contributed by atoms with van der Waals surface area (Å²) in [5, 5.41) is 29.3. The maximum Gasteiger partial charge on any atom is 0.313 e. The van der Waals surface area contributed by atoms with Gasteiger partial charge in [-0.1, -0.05) is 39.0 Å². The second-order valence-corrected chi connectivity index (χ2v) is 5.47. The minimum absolute atomic E-state index is 0.130. The lowest BCUT2D eigenvalue weighted by Gasteiger charge is -2.43. The number of hydrogen-bond acceptors (Lipinski definition) is 6. The molecule has 0 unspecified atom stereocenters. The quantitative estimate of drug-likeness (QED) is 0.415. The Kier molecular flexibility index (Phi) is 8.70. The highest BCUT2D eigenvalue weighted by atomic mass is 16.9. The summed E-state index contributed by atoms with van der Waals surface area (Å²) >= 11 is 0. The van der Waals surface area contributed by atoms with Crippen LogP contribution in [0, 0.1) is 0 Å². The van der Waals surface area contributed by atoms with Crippen molar-refractivity contribution in [1.29, 1.82) is 0 Å². The molecule has 0 aromatic rings. The summed E-state index contributed by atoms with van der Waals surface area (Å²) in [5.74, 6) is -1.67. The van der Waals surface area contributed by atoms with Gasteiger partial charge < -0.3 is 29.5 Å². The predicted octanol–water partition coefficient (Wildman–Crippen LogP) is 1.17. The van der Waals surface area contributed by atoms with E-state index in [1.807, 2.05) is 0 Å². The Hall–Kier alpha value is -0.240. The molecule has 0 aliphatic carbocycles. The van der Waals surface area contributed by atoms with Gasteiger partial charge >= 0.3 is 5.97 Å². The van der Waals surface area contributed by atoms with Crippen molar-refractivity contribution in [3.05, 3.63) is 0 Å². The molecule has 0 spiro atoms. The van der Waals surface area contributed by atoms with Gasteiger partial charge in [0.1, 0.15) is 12.2 Å². The molecule has 4 atom stereocenters. The fourth-order valence-electron chi connectivity index (χ4n) is 2.40. The normalized spacial score (nSPS) is 33.3. The third-order valence-electron chi connectivity index (χ3n) is 3.68. The van der Waals surface area contributed by atoms with E-state index >= 15 is 0 Å². The molecular weight excluding hydrogens is 276 g/mol. The van der Waals surface area contributed by atoms with Crippen molar-refractivity contribution in [3.63, 3.8) is 0 Å². The first-order valence-electron chi connectivity index (χ1n) is 8.03. The molecule has 0 saturated carbocycles. The molecule has 1 saturated heterocycles. The van der Waals surface area contributed by atoms with Gasteiger partial charge in [-0.15, -0.1) is 0 Å². The largest absolute Gasteiger partial charge is 0.388 e. The first kappa shape index (κ1) is 18.8. The van der Waals surface area contributed by atoms with Gasteiger partial charge in [-0.2, -0.15) is 0 Å². The molecule has 6 heteroatoms. The fourth-order valence-corrected chi connectivity index (χ4v) is 2.40. The number of aliphatic hydroxyl groups excluding tert-OH is 3. The Balaban J connectivity index is 2.38. The average Bonchev–Trinajstić information content (AvgIpc) is 2.48. The van der Waals surface area contributed by atoms with Gasteiger partial charge in [0.05, 0.1) is 13.2 Å². The van der Waals surface area contributed by atoms with Gasteiger partial charge in [0, 0.05) is 6.61 Å². The van der Waals surface area contributed by atoms with Crippen molar-refractivity contribution in [2.45, 2.75) is 76.7 Å². The van der Waals surface area contributed by atoms with E-state index in [2.05, 4.69) is 6.92 Å². The van der Waals surface area contributed by atoms with Crippen LogP contribution in [0.5, 0.6) is 0 Å². The molecule has 1 fully saturated rings. The van der Waals surface area contributed by atoms with Crippen LogP contribution in [0.2, 0.25) is 0 Å². The Morgan fingerprint density at radius 2 is 1.67 bits per heavy atom. The summed E-state index contributed by atoms with van der Waals surface area (Å²) in [5.41, 5.74) is 0. The maximum atomic E-state index is 10.1. The minimum Gasteiger partial charge on any atom is -0.388 e. The highest BCUT2D eigenvalue weighted by Gasteiger charge is 2.52. The minimum atomic E-state index is -1.67. The number of aliphatic hydroxyl groups is 3. The molecule has 0 aromatic carbocycles. The lowest BCUT2D eigenvalue weighted by Crippen LogP contribution is -2.63. The van der Waals surface area contributed by atoms with E-state index in [0.29, 0.717) is 6.61 Å². The summed E-state index contributed by atoms with van der Waals surface area (Å²) in [7, 11) is 0. The number of rotatable bonds is 10. The first-order chi connectivity index (χ1) is 10.1. The standard InChI is InChI=1S/C15H30O6/c1-3-5-6-7-8-9-10-20-15(19-4-2)14(18)13(17)12(16)11-21-15/h12-14,16-18H,3-11H2,1-2H3/t12-,13+,14-,15-/m1/s1. The molecule has 6 nitrogen and oxygen atoms in total. The van der Waals surface area contributed by atoms with Crippen LogP contribution in [-0.4, -0.2) is 59.4 Å². The second-order valence-electron chi connectivity index (χ2n) is 5.47. The van der Waals surface area contributed by atoms with Crippen molar-refractivity contribution in [2.24, 2.45) is 0 Å². The molecule has 1 heterocycles. The number of unbranched alkanes of at least 4 members (excludes halogenated alkanes) is 5. The topological polar surface area (TPSA) is 88.4 Å². The molecule has 1 aliphatic heterocycles. The highest BCUT2D eigenvalue weighted by molar-refractivity contribution is 4.87. The molecule has 0 radical (unpaired) electrons. The van der Waals surface area contributed by atoms with Gasteiger partial charge in [0.15, 0.2) is 6.10 Å². The van der Waals surface area contributed by atoms with Gasteiger partial charge in [-0.25, -0.2) is 0 Å². The van der Waals surface area contributed by atoms with E-state index in [-0.39, 0.29) is 13.2 Å². The van der Waals surface area contributed by atoms with Crippen molar-refractivity contribution in [2.75, 3.05) is 19.8 Å². The zero-order valence-electron chi connectivity index (χ0n) is 13.2. The van der Waals surface area contributed by atoms with E-state index in [4.69, 9.17) is 14.2 Å². The van der Waals surface area contributed by atoms with Crippen LogP contribution in [-0.2, 0) is 14.2 Å². The third kappa shape index (κ3) is 5.47. The molecule has 126 valence electrons. The van der Waals surface area contributed by atoms with Crippen molar-refractivity contribution in [1.82, 2.24) is 0 Å². The van der Waals surface area contributed by atoms with Gasteiger partial charge in [0.25, 0.3) is 0 Å². The summed E-state index contributed by atoms with van der Waals surface area (Å²) in [6, 6.07) is 0. The van der Waals surface area contributed by atoms with E-state index in [0.717, 1.165) is 19.3 Å². The van der Waals surface area contributed by atoms with Crippen LogP contribution >= 0.6 is 0 Å². The Bertz CT molecular complexity index is 275. The third-order valence-corrected chi connectivity index (χ3v) is 3.68. The van der Waals surface area contributed by atoms with E-state index in [1.165, 1.54) is 19.3 Å². The Labute approximate surface area is 127 Å². The molecule has 3 N–H and O–H groups in total. The predicted molar refractivity (Wildman–Crippen MR) is 77.7 cm³/mol. The molecule has 0 bridgehead atoms. The number of hydrogen-bond donors (Lipinski definition) is 3. The fraction of sp³-hybridized carbons (Fsp3) is 1.00. The summed E-state index contributed by atoms with van der Waals surface area (Å²) in [4.78, 5) is 0. The smallest absolute Gasteiger partial charge is 0.313 e. The summed E-state index contributed by atoms with van der Waals surface area (Å²) in [6.45, 7) is 4.46. The monoisotopic (exact) mass is 306 g/mol. The zero-order chi connectivity index (χ0) is 15.7. The maximum absolute atomic E-state index is 10.1. The van der Waals surface area contributed by atoms with Gasteiger partial charge in [-0.05, 0) is 13.3 Å². The van der Waals surface area contributed by atoms with Crippen LogP contribution in [0.1, 0.15) is 52.4 Å². The first-order valence-corrected chi connectivity index (χ1v) is 8.03. The van der Waals surface area contributed by atoms with Crippen LogP contribution in [0.25, 0.3) is 0 Å². The van der Waals surface area contributed by atoms with Crippen LogP contribution in [0.15, 0.2) is 0 Å². The van der Waals surface area contributed by atoms with Crippen molar-refractivity contribution >= 4 is 0 Å². The summed E-state index contributed by atoms with van der Waals surface area (Å²) < 4.78 is 16.3. The van der Waals surface area contributed by atoms with Crippen LogP contribution in [0.3, 0.4) is 0 Å². The van der Waals surface area contributed by atoms with E-state index in [1.54, 1.807) is 6.92 Å². The van der Waals surface area contributed by atoms with Crippen molar-refractivity contribution < 1.29 is 29.5 Å². The molecule has 21 heavy (non-hydrogen) atoms. The SMILES string of the molecule is CCCCCCCCO[C@@]1(OCC)OC[C@@H](O)[C@H](O)[C@H]1O. The zero-order valence-corrected chi connectivity index (χ0v) is 13.2. The average molecular weight is 306 g/mol. The Morgan fingerprint density at radius 3 is 2.33 bits per heavy atom. The summed E-state index contributed by atoms with van der Waals surface area (Å²) in [6.07, 6.45) is 2.82.